The van der Waals surface area contributed by atoms with Gasteiger partial charge in [0.2, 0.25) is 0 Å². The van der Waals surface area contributed by atoms with Crippen LogP contribution in [0.5, 0.6) is 0 Å². The number of hydrogen-bond acceptors (Lipinski definition) is 2. The van der Waals surface area contributed by atoms with Crippen LogP contribution in [0.3, 0.4) is 0 Å². The second-order valence-electron chi connectivity index (χ2n) is 5.92. The minimum atomic E-state index is -0.829. The molecule has 0 bridgehead atoms. The summed E-state index contributed by atoms with van der Waals surface area (Å²) in [4.78, 5) is 0. The Labute approximate surface area is 165 Å². The van der Waals surface area contributed by atoms with Crippen molar-refractivity contribution in [1.29, 1.82) is 0 Å². The van der Waals surface area contributed by atoms with Crippen molar-refractivity contribution in [3.8, 4) is 0 Å². The van der Waals surface area contributed by atoms with Crippen LogP contribution in [-0.2, 0) is 11.2 Å². The molecule has 0 radical (unpaired) electrons. The van der Waals surface area contributed by atoms with Gasteiger partial charge in [0.25, 0.3) is 0 Å². The van der Waals surface area contributed by atoms with Gasteiger partial charge in [-0.2, -0.15) is 0 Å². The van der Waals surface area contributed by atoms with E-state index in [-0.39, 0.29) is 0 Å². The third-order valence-corrected chi connectivity index (χ3v) is 6.77. The van der Waals surface area contributed by atoms with Crippen molar-refractivity contribution in [3.05, 3.63) is 71.8 Å². The fourth-order valence-electron chi connectivity index (χ4n) is 2.75. The summed E-state index contributed by atoms with van der Waals surface area (Å²) in [6.45, 7) is 0. The summed E-state index contributed by atoms with van der Waals surface area (Å²) in [6, 6.07) is 19.6. The fourth-order valence-corrected chi connectivity index (χ4v) is 4.39. The molecule has 0 spiro atoms. The summed E-state index contributed by atoms with van der Waals surface area (Å²) in [6.07, 6.45) is 2.06. The molecular formula is C19H22I2O2. The summed E-state index contributed by atoms with van der Waals surface area (Å²) < 4.78 is 1.28. The predicted octanol–water partition coefficient (Wildman–Crippen LogP) is 4.80. The zero-order valence-electron chi connectivity index (χ0n) is 13.0. The minimum Gasteiger partial charge on any atom is -0.384 e. The van der Waals surface area contributed by atoms with Crippen molar-refractivity contribution in [1.82, 2.24) is 0 Å². The molecule has 2 N–H and O–H groups in total. The van der Waals surface area contributed by atoms with Gasteiger partial charge in [-0.05, 0) is 30.4 Å². The molecule has 0 saturated carbocycles. The van der Waals surface area contributed by atoms with E-state index in [2.05, 4.69) is 45.2 Å². The summed E-state index contributed by atoms with van der Waals surface area (Å²) in [5.41, 5.74) is 0.245. The molecule has 23 heavy (non-hydrogen) atoms. The number of alkyl halides is 2. The molecule has 2 nitrogen and oxygen atoms in total. The molecule has 124 valence electrons. The molecule has 0 aliphatic heterocycles. The highest BCUT2D eigenvalue weighted by molar-refractivity contribution is 14.1. The summed E-state index contributed by atoms with van der Waals surface area (Å²) in [7, 11) is 0. The molecule has 0 amide bonds. The number of aliphatic hydroxyl groups is 2. The Morgan fingerprint density at radius 1 is 0.652 bits per heavy atom. The van der Waals surface area contributed by atoms with E-state index in [0.29, 0.717) is 21.7 Å². The molecule has 2 atom stereocenters. The summed E-state index contributed by atoms with van der Waals surface area (Å²) in [5.74, 6) is 0. The van der Waals surface area contributed by atoms with Crippen LogP contribution < -0.4 is 0 Å². The first kappa shape index (κ1) is 19.1. The van der Waals surface area contributed by atoms with E-state index < -0.39 is 11.2 Å². The molecule has 4 heteroatoms. The van der Waals surface area contributed by atoms with Gasteiger partial charge >= 0.3 is 0 Å². The average Bonchev–Trinajstić information content (AvgIpc) is 2.63. The molecule has 0 aliphatic carbocycles. The average molecular weight is 536 g/mol. The topological polar surface area (TPSA) is 40.5 Å². The minimum absolute atomic E-state index is 0.642. The van der Waals surface area contributed by atoms with Crippen molar-refractivity contribution in [2.75, 3.05) is 8.86 Å². The van der Waals surface area contributed by atoms with E-state index in [4.69, 9.17) is 0 Å². The Kier molecular flexibility index (Phi) is 7.31. The highest BCUT2D eigenvalue weighted by Gasteiger charge is 2.31. The largest absolute Gasteiger partial charge is 0.384 e. The van der Waals surface area contributed by atoms with Gasteiger partial charge in [0.1, 0.15) is 0 Å². The lowest BCUT2D eigenvalue weighted by Crippen LogP contribution is -2.31. The van der Waals surface area contributed by atoms with Gasteiger partial charge in [0.15, 0.2) is 0 Å². The Morgan fingerprint density at radius 2 is 1.00 bits per heavy atom. The molecule has 0 aromatic heterocycles. The van der Waals surface area contributed by atoms with Crippen LogP contribution >= 0.6 is 45.2 Å². The monoisotopic (exact) mass is 536 g/mol. The smallest absolute Gasteiger partial charge is 0.0985 e. The quantitative estimate of drug-likeness (QED) is 0.376. The van der Waals surface area contributed by atoms with Crippen molar-refractivity contribution >= 4 is 45.2 Å². The predicted molar refractivity (Wildman–Crippen MR) is 112 cm³/mol. The third-order valence-electron chi connectivity index (χ3n) is 4.25. The van der Waals surface area contributed by atoms with Crippen LogP contribution in [0.1, 0.15) is 30.4 Å². The normalized spacial score (nSPS) is 16.5. The first-order valence-electron chi connectivity index (χ1n) is 7.72. The molecule has 0 saturated heterocycles. The van der Waals surface area contributed by atoms with Crippen LogP contribution in [-0.4, -0.2) is 19.1 Å². The second-order valence-corrected chi connectivity index (χ2v) is 7.44. The first-order chi connectivity index (χ1) is 11.0. The summed E-state index contributed by atoms with van der Waals surface area (Å²) >= 11 is 4.47. The maximum Gasteiger partial charge on any atom is 0.0985 e. The standard InChI is InChI=1S/C19H22I2O2/c20-14-18(22,16-8-3-1-4-9-16)12-7-13-19(23,15-21)17-10-5-2-6-11-17/h1-6,8-11,22-23H,7,12-15H2. The molecule has 2 unspecified atom stereocenters. The second kappa shape index (κ2) is 8.78. The van der Waals surface area contributed by atoms with Gasteiger partial charge in [-0.15, -0.1) is 0 Å². The van der Waals surface area contributed by atoms with Crippen LogP contribution in [0.15, 0.2) is 60.7 Å². The molecule has 2 rings (SSSR count). The molecular weight excluding hydrogens is 514 g/mol. The van der Waals surface area contributed by atoms with Crippen molar-refractivity contribution in [2.24, 2.45) is 0 Å². The zero-order chi connectivity index (χ0) is 16.8. The lowest BCUT2D eigenvalue weighted by Gasteiger charge is -2.30. The molecule has 2 aromatic carbocycles. The molecule has 0 fully saturated rings. The lowest BCUT2D eigenvalue weighted by molar-refractivity contribution is 0.0256. The third kappa shape index (κ3) is 4.90. The first-order valence-corrected chi connectivity index (χ1v) is 10.8. The van der Waals surface area contributed by atoms with Crippen molar-refractivity contribution in [3.63, 3.8) is 0 Å². The Hall–Kier alpha value is -0.180. The van der Waals surface area contributed by atoms with E-state index in [1.165, 1.54) is 0 Å². The van der Waals surface area contributed by atoms with E-state index in [0.717, 1.165) is 17.5 Å². The maximum absolute atomic E-state index is 10.9. The van der Waals surface area contributed by atoms with Gasteiger partial charge in [0, 0.05) is 8.86 Å². The highest BCUT2D eigenvalue weighted by Crippen LogP contribution is 2.34. The molecule has 2 aromatic rings. The SMILES string of the molecule is OC(CI)(CCCC(O)(CI)c1ccccc1)c1ccccc1. The number of benzene rings is 2. The van der Waals surface area contributed by atoms with E-state index in [1.54, 1.807) is 0 Å². The Morgan fingerprint density at radius 3 is 1.30 bits per heavy atom. The van der Waals surface area contributed by atoms with E-state index >= 15 is 0 Å². The molecule has 0 heterocycles. The van der Waals surface area contributed by atoms with E-state index in [1.807, 2.05) is 60.7 Å². The number of hydrogen-bond donors (Lipinski definition) is 2. The van der Waals surface area contributed by atoms with Gasteiger partial charge < -0.3 is 10.2 Å². The number of halogens is 2. The van der Waals surface area contributed by atoms with Gasteiger partial charge in [-0.25, -0.2) is 0 Å². The van der Waals surface area contributed by atoms with Crippen molar-refractivity contribution < 1.29 is 10.2 Å². The zero-order valence-corrected chi connectivity index (χ0v) is 17.3. The van der Waals surface area contributed by atoms with Crippen LogP contribution in [0.2, 0.25) is 0 Å². The fraction of sp³-hybridized carbons (Fsp3) is 0.368. The van der Waals surface area contributed by atoms with Crippen LogP contribution in [0.25, 0.3) is 0 Å². The maximum atomic E-state index is 10.9. The highest BCUT2D eigenvalue weighted by atomic mass is 127. The lowest BCUT2D eigenvalue weighted by atomic mass is 9.85. The summed E-state index contributed by atoms with van der Waals surface area (Å²) in [5, 5.41) is 21.9. The van der Waals surface area contributed by atoms with Crippen LogP contribution in [0.4, 0.5) is 0 Å². The number of rotatable bonds is 8. The van der Waals surface area contributed by atoms with Gasteiger partial charge in [0.05, 0.1) is 11.2 Å². The van der Waals surface area contributed by atoms with Crippen LogP contribution in [0, 0.1) is 0 Å². The van der Waals surface area contributed by atoms with Crippen molar-refractivity contribution in [2.45, 2.75) is 30.5 Å². The van der Waals surface area contributed by atoms with Gasteiger partial charge in [-0.1, -0.05) is 106 Å². The van der Waals surface area contributed by atoms with E-state index in [9.17, 15) is 10.2 Å². The Bertz CT molecular complexity index is 537. The van der Waals surface area contributed by atoms with Gasteiger partial charge in [-0.3, -0.25) is 0 Å². The molecule has 0 aliphatic rings. The Balaban J connectivity index is 2.05.